The number of hydrogen-bond donors (Lipinski definition) is 1. The van der Waals surface area contributed by atoms with E-state index in [1.807, 2.05) is 0 Å². The minimum Gasteiger partial charge on any atom is -0.308 e. The molecule has 0 aliphatic heterocycles. The summed E-state index contributed by atoms with van der Waals surface area (Å²) >= 11 is 0. The summed E-state index contributed by atoms with van der Waals surface area (Å²) in [6.07, 6.45) is 3.78. The van der Waals surface area contributed by atoms with Crippen LogP contribution in [0.5, 0.6) is 0 Å². The quantitative estimate of drug-likeness (QED) is 0.735. The molecule has 0 unspecified atom stereocenters. The van der Waals surface area contributed by atoms with Gasteiger partial charge in [-0.2, -0.15) is 0 Å². The zero-order chi connectivity index (χ0) is 8.39. The summed E-state index contributed by atoms with van der Waals surface area (Å²) in [5, 5.41) is 3.31. The van der Waals surface area contributed by atoms with Gasteiger partial charge in [-0.1, -0.05) is 0 Å². The molecule has 0 bridgehead atoms. The Morgan fingerprint density at radius 2 is 2.33 bits per heavy atom. The fourth-order valence-corrected chi connectivity index (χ4v) is 1.05. The molecule has 0 atom stereocenters. The minimum absolute atomic E-state index is 0.273. The van der Waals surface area contributed by atoms with E-state index < -0.39 is 0 Å². The Kier molecular flexibility index (Phi) is 2.04. The summed E-state index contributed by atoms with van der Waals surface area (Å²) in [5.74, 6) is -0.273. The van der Waals surface area contributed by atoms with E-state index >= 15 is 0 Å². The monoisotopic (exact) mass is 166 g/mol. The van der Waals surface area contributed by atoms with Crippen molar-refractivity contribution in [3.63, 3.8) is 0 Å². The summed E-state index contributed by atoms with van der Waals surface area (Å²) < 4.78 is 12.4. The first kappa shape index (κ1) is 7.68. The van der Waals surface area contributed by atoms with Gasteiger partial charge in [-0.05, 0) is 25.0 Å². The molecular formula is C9H11FN2. The van der Waals surface area contributed by atoms with Crippen LogP contribution in [0.2, 0.25) is 0 Å². The van der Waals surface area contributed by atoms with Crippen molar-refractivity contribution >= 4 is 0 Å². The van der Waals surface area contributed by atoms with Gasteiger partial charge in [0.15, 0.2) is 0 Å². The van der Waals surface area contributed by atoms with Crippen molar-refractivity contribution in [1.29, 1.82) is 0 Å². The standard InChI is InChI=1S/C9H11FN2/c10-7-1-2-9(11-5-7)6-12-8-3-4-8/h1-2,5,8,12H,3-4,6H2. The fraction of sp³-hybridized carbons (Fsp3) is 0.444. The lowest BCUT2D eigenvalue weighted by molar-refractivity contribution is 0.613. The van der Waals surface area contributed by atoms with Gasteiger partial charge in [0.25, 0.3) is 0 Å². The maximum absolute atomic E-state index is 12.4. The van der Waals surface area contributed by atoms with Crippen LogP contribution in [0.3, 0.4) is 0 Å². The zero-order valence-electron chi connectivity index (χ0n) is 6.76. The highest BCUT2D eigenvalue weighted by Crippen LogP contribution is 2.18. The normalized spacial score (nSPS) is 16.4. The lowest BCUT2D eigenvalue weighted by Crippen LogP contribution is -2.16. The molecule has 2 rings (SSSR count). The maximum atomic E-state index is 12.4. The van der Waals surface area contributed by atoms with Gasteiger partial charge in [0.05, 0.1) is 11.9 Å². The SMILES string of the molecule is Fc1ccc(CNC2CC2)nc1. The Morgan fingerprint density at radius 3 is 2.92 bits per heavy atom. The lowest BCUT2D eigenvalue weighted by atomic mass is 10.3. The van der Waals surface area contributed by atoms with Gasteiger partial charge in [0, 0.05) is 12.6 Å². The van der Waals surface area contributed by atoms with Crippen molar-refractivity contribution in [3.8, 4) is 0 Å². The first-order chi connectivity index (χ1) is 5.84. The number of aromatic nitrogens is 1. The van der Waals surface area contributed by atoms with Gasteiger partial charge < -0.3 is 5.32 Å². The molecule has 3 heteroatoms. The summed E-state index contributed by atoms with van der Waals surface area (Å²) in [6.45, 7) is 0.755. The van der Waals surface area contributed by atoms with Crippen LogP contribution < -0.4 is 5.32 Å². The van der Waals surface area contributed by atoms with Gasteiger partial charge in [0.1, 0.15) is 5.82 Å². The summed E-state index contributed by atoms with van der Waals surface area (Å²) in [6, 6.07) is 3.83. The van der Waals surface area contributed by atoms with E-state index in [1.54, 1.807) is 6.07 Å². The molecule has 1 saturated carbocycles. The molecule has 0 radical (unpaired) electrons. The maximum Gasteiger partial charge on any atom is 0.141 e. The van der Waals surface area contributed by atoms with Crippen molar-refractivity contribution in [1.82, 2.24) is 10.3 Å². The van der Waals surface area contributed by atoms with Crippen LogP contribution in [0, 0.1) is 5.82 Å². The second-order valence-corrected chi connectivity index (χ2v) is 3.12. The van der Waals surface area contributed by atoms with Gasteiger partial charge in [-0.3, -0.25) is 4.98 Å². The topological polar surface area (TPSA) is 24.9 Å². The highest BCUT2D eigenvalue weighted by molar-refractivity contribution is 5.05. The second kappa shape index (κ2) is 3.19. The predicted octanol–water partition coefficient (Wildman–Crippen LogP) is 1.47. The molecule has 64 valence electrons. The van der Waals surface area contributed by atoms with Crippen LogP contribution in [-0.4, -0.2) is 11.0 Å². The zero-order valence-corrected chi connectivity index (χ0v) is 6.76. The third-order valence-corrected chi connectivity index (χ3v) is 1.94. The molecule has 0 amide bonds. The predicted molar refractivity (Wildman–Crippen MR) is 44.1 cm³/mol. The van der Waals surface area contributed by atoms with Crippen molar-refractivity contribution in [2.24, 2.45) is 0 Å². The Bertz CT molecular complexity index is 254. The minimum atomic E-state index is -0.273. The van der Waals surface area contributed by atoms with Crippen molar-refractivity contribution in [3.05, 3.63) is 29.8 Å². The van der Waals surface area contributed by atoms with E-state index in [1.165, 1.54) is 25.1 Å². The molecule has 0 spiro atoms. The van der Waals surface area contributed by atoms with Crippen LogP contribution in [0.25, 0.3) is 0 Å². The molecule has 0 saturated heterocycles. The van der Waals surface area contributed by atoms with Crippen LogP contribution in [0.1, 0.15) is 18.5 Å². The van der Waals surface area contributed by atoms with Gasteiger partial charge >= 0.3 is 0 Å². The van der Waals surface area contributed by atoms with Crippen LogP contribution in [0.15, 0.2) is 18.3 Å². The average molecular weight is 166 g/mol. The number of nitrogens with one attached hydrogen (secondary N) is 1. The average Bonchev–Trinajstić information content (AvgIpc) is 2.87. The summed E-state index contributed by atoms with van der Waals surface area (Å²) in [5.41, 5.74) is 0.906. The third kappa shape index (κ3) is 2.01. The first-order valence-electron chi connectivity index (χ1n) is 4.18. The van der Waals surface area contributed by atoms with Crippen molar-refractivity contribution < 1.29 is 4.39 Å². The van der Waals surface area contributed by atoms with Crippen molar-refractivity contribution in [2.45, 2.75) is 25.4 Å². The lowest BCUT2D eigenvalue weighted by Gasteiger charge is -2.00. The van der Waals surface area contributed by atoms with Gasteiger partial charge in [0.2, 0.25) is 0 Å². The number of halogens is 1. The molecule has 1 N–H and O–H groups in total. The second-order valence-electron chi connectivity index (χ2n) is 3.12. The Morgan fingerprint density at radius 1 is 1.50 bits per heavy atom. The molecule has 1 aliphatic carbocycles. The van der Waals surface area contributed by atoms with Gasteiger partial charge in [-0.15, -0.1) is 0 Å². The number of pyridine rings is 1. The largest absolute Gasteiger partial charge is 0.308 e. The number of hydrogen-bond acceptors (Lipinski definition) is 2. The molecule has 1 aliphatic rings. The Labute approximate surface area is 70.8 Å². The first-order valence-corrected chi connectivity index (χ1v) is 4.18. The van der Waals surface area contributed by atoms with Crippen LogP contribution >= 0.6 is 0 Å². The molecule has 1 aromatic rings. The molecule has 2 nitrogen and oxygen atoms in total. The molecular weight excluding hydrogens is 155 g/mol. The summed E-state index contributed by atoms with van der Waals surface area (Å²) in [7, 11) is 0. The highest BCUT2D eigenvalue weighted by Gasteiger charge is 2.19. The van der Waals surface area contributed by atoms with E-state index in [9.17, 15) is 4.39 Å². The molecule has 0 aromatic carbocycles. The third-order valence-electron chi connectivity index (χ3n) is 1.94. The van der Waals surface area contributed by atoms with Gasteiger partial charge in [-0.25, -0.2) is 4.39 Å². The Hall–Kier alpha value is -0.960. The van der Waals surface area contributed by atoms with E-state index in [0.29, 0.717) is 6.04 Å². The van der Waals surface area contributed by atoms with E-state index in [0.717, 1.165) is 12.2 Å². The smallest absolute Gasteiger partial charge is 0.141 e. The van der Waals surface area contributed by atoms with E-state index in [4.69, 9.17) is 0 Å². The summed E-state index contributed by atoms with van der Waals surface area (Å²) in [4.78, 5) is 3.94. The fourth-order valence-electron chi connectivity index (χ4n) is 1.05. The molecule has 1 aromatic heterocycles. The van der Waals surface area contributed by atoms with Crippen LogP contribution in [0.4, 0.5) is 4.39 Å². The Balaban J connectivity index is 1.89. The van der Waals surface area contributed by atoms with E-state index in [-0.39, 0.29) is 5.82 Å². The van der Waals surface area contributed by atoms with Crippen LogP contribution in [-0.2, 0) is 6.54 Å². The molecule has 1 fully saturated rings. The van der Waals surface area contributed by atoms with Crippen molar-refractivity contribution in [2.75, 3.05) is 0 Å². The molecule has 1 heterocycles. The number of rotatable bonds is 3. The number of nitrogens with zero attached hydrogens (tertiary/aromatic N) is 1. The van der Waals surface area contributed by atoms with E-state index in [2.05, 4.69) is 10.3 Å². The highest BCUT2D eigenvalue weighted by atomic mass is 19.1. The molecule has 12 heavy (non-hydrogen) atoms.